The number of fused-ring (bicyclic) bond motifs is 1. The first-order chi connectivity index (χ1) is 12.6. The van der Waals surface area contributed by atoms with E-state index < -0.39 is 5.91 Å². The van der Waals surface area contributed by atoms with Crippen LogP contribution in [-0.4, -0.2) is 51.8 Å². The normalized spacial score (nSPS) is 11.7. The second-order valence-corrected chi connectivity index (χ2v) is 5.90. The molecule has 0 saturated carbocycles. The maximum Gasteiger partial charge on any atom is 0.267 e. The van der Waals surface area contributed by atoms with Crippen LogP contribution in [-0.2, 0) is 22.7 Å². The first kappa shape index (κ1) is 20.1. The van der Waals surface area contributed by atoms with Crippen molar-refractivity contribution in [1.29, 1.82) is 0 Å². The van der Waals surface area contributed by atoms with Crippen molar-refractivity contribution in [2.75, 3.05) is 26.2 Å². The van der Waals surface area contributed by atoms with Crippen LogP contribution in [0, 0.1) is 0 Å². The largest absolute Gasteiger partial charge is 0.374 e. The maximum atomic E-state index is 11.1. The molecular weight excluding hydrogens is 332 g/mol. The number of likely N-dealkylation sites (N-methyl/N-ethyl adjacent to an activating group) is 1. The predicted octanol–water partition coefficient (Wildman–Crippen LogP) is 2.43. The molecule has 7 heteroatoms. The third-order valence-electron chi connectivity index (χ3n) is 4.36. The first-order valence-electron chi connectivity index (χ1n) is 9.04. The van der Waals surface area contributed by atoms with Crippen molar-refractivity contribution in [3.05, 3.63) is 35.7 Å². The molecule has 0 aliphatic carbocycles. The Bertz CT molecular complexity index is 751. The number of nitrogens with zero attached hydrogens (tertiary/aromatic N) is 3. The van der Waals surface area contributed by atoms with E-state index in [1.165, 1.54) is 6.08 Å². The summed E-state index contributed by atoms with van der Waals surface area (Å²) < 4.78 is 7.79. The van der Waals surface area contributed by atoms with E-state index in [1.807, 2.05) is 25.1 Å². The van der Waals surface area contributed by atoms with Gasteiger partial charge in [-0.05, 0) is 43.8 Å². The van der Waals surface area contributed by atoms with Gasteiger partial charge >= 0.3 is 0 Å². The topological polar surface area (TPSA) is 79.6 Å². The lowest BCUT2D eigenvalue weighted by Gasteiger charge is -2.19. The Morgan fingerprint density at radius 3 is 2.77 bits per heavy atom. The molecule has 2 rings (SSSR count). The average Bonchev–Trinajstić information content (AvgIpc) is 3.01. The summed E-state index contributed by atoms with van der Waals surface area (Å²) in [6.07, 6.45) is 2.92. The lowest BCUT2D eigenvalue weighted by molar-refractivity contribution is -0.124. The minimum absolute atomic E-state index is 0.474. The molecule has 1 amide bonds. The fourth-order valence-corrected chi connectivity index (χ4v) is 2.84. The van der Waals surface area contributed by atoms with Crippen LogP contribution in [0.15, 0.2) is 24.3 Å². The van der Waals surface area contributed by atoms with Gasteiger partial charge < -0.3 is 14.2 Å². The van der Waals surface area contributed by atoms with Crippen LogP contribution in [0.5, 0.6) is 0 Å². The number of amides is 1. The molecule has 0 atom stereocenters. The molecule has 0 aliphatic heterocycles. The van der Waals surface area contributed by atoms with E-state index in [-0.39, 0.29) is 0 Å². The molecule has 26 heavy (non-hydrogen) atoms. The lowest BCUT2D eigenvalue weighted by Crippen LogP contribution is -2.27. The predicted molar refractivity (Wildman–Crippen MR) is 102 cm³/mol. The molecule has 1 heterocycles. The van der Waals surface area contributed by atoms with E-state index in [0.29, 0.717) is 13.2 Å². The maximum absolute atomic E-state index is 11.1. The Labute approximate surface area is 154 Å². The van der Waals surface area contributed by atoms with Gasteiger partial charge in [-0.3, -0.25) is 10.0 Å². The van der Waals surface area contributed by atoms with Crippen LogP contribution in [0.4, 0.5) is 0 Å². The van der Waals surface area contributed by atoms with Gasteiger partial charge in [-0.15, -0.1) is 0 Å². The van der Waals surface area contributed by atoms with Crippen LogP contribution in [0.2, 0.25) is 0 Å². The zero-order valence-corrected chi connectivity index (χ0v) is 15.7. The highest BCUT2D eigenvalue weighted by Gasteiger charge is 2.12. The van der Waals surface area contributed by atoms with Crippen molar-refractivity contribution in [3.8, 4) is 0 Å². The molecule has 0 radical (unpaired) electrons. The Morgan fingerprint density at radius 1 is 1.35 bits per heavy atom. The molecule has 7 nitrogen and oxygen atoms in total. The van der Waals surface area contributed by atoms with Crippen LogP contribution in [0.25, 0.3) is 17.1 Å². The summed E-state index contributed by atoms with van der Waals surface area (Å²) in [7, 11) is 0. The van der Waals surface area contributed by atoms with E-state index in [9.17, 15) is 4.79 Å². The van der Waals surface area contributed by atoms with Gasteiger partial charge in [0.15, 0.2) is 0 Å². The van der Waals surface area contributed by atoms with Crippen LogP contribution >= 0.6 is 0 Å². The number of hydrogen-bond donors (Lipinski definition) is 2. The molecule has 0 fully saturated rings. The molecule has 0 spiro atoms. The van der Waals surface area contributed by atoms with Crippen molar-refractivity contribution in [1.82, 2.24) is 19.9 Å². The van der Waals surface area contributed by atoms with Gasteiger partial charge in [-0.2, -0.15) is 0 Å². The van der Waals surface area contributed by atoms with Crippen molar-refractivity contribution in [3.63, 3.8) is 0 Å². The molecule has 2 aromatic rings. The average molecular weight is 360 g/mol. The van der Waals surface area contributed by atoms with Crippen LogP contribution in [0.3, 0.4) is 0 Å². The van der Waals surface area contributed by atoms with Gasteiger partial charge in [0.25, 0.3) is 5.91 Å². The lowest BCUT2D eigenvalue weighted by atomic mass is 10.2. The number of rotatable bonds is 10. The fraction of sp³-hybridized carbons (Fsp3) is 0.474. The summed E-state index contributed by atoms with van der Waals surface area (Å²) >= 11 is 0. The van der Waals surface area contributed by atoms with E-state index >= 15 is 0 Å². The van der Waals surface area contributed by atoms with Crippen molar-refractivity contribution >= 4 is 23.0 Å². The third kappa shape index (κ3) is 5.14. The fourth-order valence-electron chi connectivity index (χ4n) is 2.84. The Balaban J connectivity index is 2.31. The molecule has 0 aliphatic rings. The number of benzene rings is 1. The number of carbonyl (C=O) groups is 1. The highest BCUT2D eigenvalue weighted by Crippen LogP contribution is 2.20. The van der Waals surface area contributed by atoms with E-state index in [2.05, 4.69) is 23.3 Å². The highest BCUT2D eigenvalue weighted by molar-refractivity contribution is 5.91. The minimum atomic E-state index is -0.563. The molecule has 142 valence electrons. The number of hydrogen-bond acceptors (Lipinski definition) is 5. The molecule has 0 unspecified atom stereocenters. The number of carbonyl (C=O) groups excluding carboxylic acids is 1. The Kier molecular flexibility index (Phi) is 7.77. The van der Waals surface area contributed by atoms with Gasteiger partial charge in [0.05, 0.1) is 11.0 Å². The smallest absolute Gasteiger partial charge is 0.267 e. The second kappa shape index (κ2) is 10.1. The van der Waals surface area contributed by atoms with Crippen molar-refractivity contribution < 1.29 is 14.7 Å². The zero-order valence-electron chi connectivity index (χ0n) is 15.7. The van der Waals surface area contributed by atoms with Crippen LogP contribution < -0.4 is 5.48 Å². The molecule has 2 N–H and O–H groups in total. The monoisotopic (exact) mass is 360 g/mol. The van der Waals surface area contributed by atoms with Gasteiger partial charge in [-0.1, -0.05) is 19.9 Å². The zero-order chi connectivity index (χ0) is 18.9. The third-order valence-corrected chi connectivity index (χ3v) is 4.36. The Morgan fingerprint density at radius 2 is 2.12 bits per heavy atom. The quantitative estimate of drug-likeness (QED) is 0.386. The SMILES string of the molecule is CCOCc1nc2cc(C=CC(=O)NO)ccc2n1CCN(CC)CC. The first-order valence-corrected chi connectivity index (χ1v) is 9.04. The molecule has 1 aromatic carbocycles. The van der Waals surface area contributed by atoms with Gasteiger partial charge in [0, 0.05) is 25.8 Å². The van der Waals surface area contributed by atoms with E-state index in [1.54, 1.807) is 11.6 Å². The second-order valence-electron chi connectivity index (χ2n) is 5.90. The van der Waals surface area contributed by atoms with Gasteiger partial charge in [-0.25, -0.2) is 10.5 Å². The summed E-state index contributed by atoms with van der Waals surface area (Å²) in [5.41, 5.74) is 4.34. The van der Waals surface area contributed by atoms with Crippen molar-refractivity contribution in [2.45, 2.75) is 33.9 Å². The standard InChI is InChI=1S/C19H28N4O3/c1-4-22(5-2)11-12-23-17-9-7-15(8-10-19(24)21-25)13-16(17)20-18(23)14-26-6-3/h7-10,13,25H,4-6,11-12,14H2,1-3H3,(H,21,24). The number of hydroxylamine groups is 1. The summed E-state index contributed by atoms with van der Waals surface area (Å²) in [6.45, 7) is 11.3. The van der Waals surface area contributed by atoms with Gasteiger partial charge in [0.2, 0.25) is 0 Å². The molecule has 0 bridgehead atoms. The minimum Gasteiger partial charge on any atom is -0.374 e. The van der Waals surface area contributed by atoms with Crippen LogP contribution in [0.1, 0.15) is 32.2 Å². The number of nitrogens with one attached hydrogen (secondary N) is 1. The summed E-state index contributed by atoms with van der Waals surface area (Å²) in [6, 6.07) is 5.87. The highest BCUT2D eigenvalue weighted by atomic mass is 16.5. The molecule has 0 saturated heterocycles. The van der Waals surface area contributed by atoms with Crippen molar-refractivity contribution in [2.24, 2.45) is 0 Å². The van der Waals surface area contributed by atoms with E-state index in [0.717, 1.165) is 48.6 Å². The molecular formula is C19H28N4O3. The molecule has 1 aromatic heterocycles. The number of aromatic nitrogens is 2. The summed E-state index contributed by atoms with van der Waals surface area (Å²) in [5, 5.41) is 8.57. The summed E-state index contributed by atoms with van der Waals surface area (Å²) in [5.74, 6) is 0.343. The summed E-state index contributed by atoms with van der Waals surface area (Å²) in [4.78, 5) is 18.2. The number of imidazole rings is 1. The van der Waals surface area contributed by atoms with Gasteiger partial charge in [0.1, 0.15) is 12.4 Å². The Hall–Kier alpha value is -2.22. The number of ether oxygens (including phenoxy) is 1. The van der Waals surface area contributed by atoms with E-state index in [4.69, 9.17) is 14.9 Å².